The molecule has 0 aromatic rings. The predicted molar refractivity (Wildman–Crippen MR) is 78.4 cm³/mol. The minimum absolute atomic E-state index is 0.538. The van der Waals surface area contributed by atoms with E-state index in [9.17, 15) is 0 Å². The van der Waals surface area contributed by atoms with E-state index in [4.69, 9.17) is 4.74 Å². The number of likely N-dealkylation sites (tertiary alicyclic amines) is 1. The lowest BCUT2D eigenvalue weighted by molar-refractivity contribution is 0.0128. The summed E-state index contributed by atoms with van der Waals surface area (Å²) in [5, 5.41) is 3.75. The van der Waals surface area contributed by atoms with Gasteiger partial charge in [0.1, 0.15) is 0 Å². The van der Waals surface area contributed by atoms with Gasteiger partial charge in [-0.25, -0.2) is 0 Å². The molecule has 3 fully saturated rings. The fourth-order valence-electron chi connectivity index (χ4n) is 4.31. The average Bonchev–Trinajstić information content (AvgIpc) is 2.77. The van der Waals surface area contributed by atoms with E-state index in [2.05, 4.69) is 17.1 Å². The summed E-state index contributed by atoms with van der Waals surface area (Å²) < 4.78 is 5.73. The Bertz CT molecular complexity index is 264. The van der Waals surface area contributed by atoms with Crippen LogP contribution >= 0.6 is 0 Å². The average molecular weight is 266 g/mol. The summed E-state index contributed by atoms with van der Waals surface area (Å²) in [7, 11) is 0. The van der Waals surface area contributed by atoms with E-state index < -0.39 is 0 Å². The van der Waals surface area contributed by atoms with Crippen LogP contribution in [0.4, 0.5) is 0 Å². The Kier molecular flexibility index (Phi) is 4.78. The van der Waals surface area contributed by atoms with Gasteiger partial charge in [-0.15, -0.1) is 0 Å². The van der Waals surface area contributed by atoms with Gasteiger partial charge in [0.05, 0.1) is 6.10 Å². The topological polar surface area (TPSA) is 24.5 Å². The molecule has 2 atom stereocenters. The van der Waals surface area contributed by atoms with Crippen LogP contribution in [-0.4, -0.2) is 49.3 Å². The van der Waals surface area contributed by atoms with E-state index in [0.29, 0.717) is 6.10 Å². The second-order valence-corrected chi connectivity index (χ2v) is 6.76. The van der Waals surface area contributed by atoms with Crippen molar-refractivity contribution in [1.82, 2.24) is 10.2 Å². The number of piperidine rings is 2. The van der Waals surface area contributed by atoms with Crippen molar-refractivity contribution < 1.29 is 4.74 Å². The molecular formula is C16H30N2O. The van der Waals surface area contributed by atoms with Crippen molar-refractivity contribution in [1.29, 1.82) is 0 Å². The molecule has 110 valence electrons. The lowest BCUT2D eigenvalue weighted by Crippen LogP contribution is -2.41. The number of hydrogen-bond donors (Lipinski definition) is 1. The first-order valence-corrected chi connectivity index (χ1v) is 8.43. The third kappa shape index (κ3) is 3.71. The van der Waals surface area contributed by atoms with Crippen LogP contribution in [0.5, 0.6) is 0 Å². The second-order valence-electron chi connectivity index (χ2n) is 6.76. The van der Waals surface area contributed by atoms with Crippen molar-refractivity contribution >= 4 is 0 Å². The maximum atomic E-state index is 5.73. The van der Waals surface area contributed by atoms with Gasteiger partial charge in [0.15, 0.2) is 0 Å². The molecule has 0 aliphatic carbocycles. The second kappa shape index (κ2) is 6.55. The summed E-state index contributed by atoms with van der Waals surface area (Å²) in [6.07, 6.45) is 10.2. The third-order valence-electron chi connectivity index (χ3n) is 5.36. The van der Waals surface area contributed by atoms with Gasteiger partial charge in [0, 0.05) is 31.8 Å². The quantitative estimate of drug-likeness (QED) is 0.827. The van der Waals surface area contributed by atoms with E-state index in [1.165, 1.54) is 64.6 Å². The highest BCUT2D eigenvalue weighted by atomic mass is 16.5. The normalized spacial score (nSPS) is 36.8. The van der Waals surface area contributed by atoms with Crippen LogP contribution in [0.3, 0.4) is 0 Å². The highest BCUT2D eigenvalue weighted by Crippen LogP contribution is 2.32. The highest BCUT2D eigenvalue weighted by Gasteiger charge is 2.33. The molecular weight excluding hydrogens is 236 g/mol. The molecule has 3 heteroatoms. The van der Waals surface area contributed by atoms with Crippen LogP contribution in [0.15, 0.2) is 0 Å². The lowest BCUT2D eigenvalue weighted by atomic mass is 9.89. The number of nitrogens with one attached hydrogen (secondary N) is 1. The molecule has 3 nitrogen and oxygen atoms in total. The lowest BCUT2D eigenvalue weighted by Gasteiger charge is -2.34. The first-order valence-electron chi connectivity index (χ1n) is 8.43. The molecule has 3 heterocycles. The van der Waals surface area contributed by atoms with Crippen molar-refractivity contribution in [2.24, 2.45) is 5.92 Å². The zero-order chi connectivity index (χ0) is 13.1. The molecule has 0 radical (unpaired) electrons. The Morgan fingerprint density at radius 1 is 1.05 bits per heavy atom. The zero-order valence-electron chi connectivity index (χ0n) is 12.4. The molecule has 3 rings (SSSR count). The van der Waals surface area contributed by atoms with E-state index in [1.807, 2.05) is 0 Å². The molecule has 19 heavy (non-hydrogen) atoms. The van der Waals surface area contributed by atoms with Crippen LogP contribution in [-0.2, 0) is 4.74 Å². The van der Waals surface area contributed by atoms with Crippen molar-refractivity contribution in [3.8, 4) is 0 Å². The number of rotatable bonds is 5. The predicted octanol–water partition coefficient (Wildman–Crippen LogP) is 2.41. The molecule has 3 saturated heterocycles. The van der Waals surface area contributed by atoms with Gasteiger partial charge in [0.2, 0.25) is 0 Å². The summed E-state index contributed by atoms with van der Waals surface area (Å²) in [6, 6.07) is 1.71. The smallest absolute Gasteiger partial charge is 0.0599 e. The highest BCUT2D eigenvalue weighted by molar-refractivity contribution is 4.92. The molecule has 2 unspecified atom stereocenters. The monoisotopic (exact) mass is 266 g/mol. The summed E-state index contributed by atoms with van der Waals surface area (Å²) in [5.74, 6) is 0.989. The Morgan fingerprint density at radius 2 is 1.74 bits per heavy atom. The van der Waals surface area contributed by atoms with Crippen molar-refractivity contribution in [2.45, 2.75) is 70.1 Å². The first-order chi connectivity index (χ1) is 9.33. The van der Waals surface area contributed by atoms with Gasteiger partial charge in [-0.05, 0) is 64.3 Å². The van der Waals surface area contributed by atoms with Crippen LogP contribution in [0.25, 0.3) is 0 Å². The van der Waals surface area contributed by atoms with Crippen molar-refractivity contribution in [3.63, 3.8) is 0 Å². The van der Waals surface area contributed by atoms with Gasteiger partial charge in [0.25, 0.3) is 0 Å². The Balaban J connectivity index is 1.34. The molecule has 3 aliphatic heterocycles. The molecule has 0 spiro atoms. The van der Waals surface area contributed by atoms with Gasteiger partial charge in [-0.1, -0.05) is 0 Å². The largest absolute Gasteiger partial charge is 0.378 e. The summed E-state index contributed by atoms with van der Waals surface area (Å²) in [5.41, 5.74) is 0. The number of hydrogen-bond acceptors (Lipinski definition) is 3. The van der Waals surface area contributed by atoms with E-state index in [-0.39, 0.29) is 0 Å². The summed E-state index contributed by atoms with van der Waals surface area (Å²) in [4.78, 5) is 2.67. The Labute approximate surface area is 118 Å². The molecule has 0 saturated carbocycles. The van der Waals surface area contributed by atoms with Gasteiger partial charge in [-0.2, -0.15) is 0 Å². The number of nitrogens with zero attached hydrogens (tertiary/aromatic N) is 1. The van der Waals surface area contributed by atoms with Crippen LogP contribution in [0.2, 0.25) is 0 Å². The fourth-order valence-corrected chi connectivity index (χ4v) is 4.31. The third-order valence-corrected chi connectivity index (χ3v) is 5.36. The molecule has 3 aliphatic rings. The minimum Gasteiger partial charge on any atom is -0.378 e. The maximum Gasteiger partial charge on any atom is 0.0599 e. The minimum atomic E-state index is 0.538. The molecule has 0 aromatic carbocycles. The maximum absolute atomic E-state index is 5.73. The van der Waals surface area contributed by atoms with E-state index >= 15 is 0 Å². The van der Waals surface area contributed by atoms with E-state index in [0.717, 1.165) is 24.6 Å². The Morgan fingerprint density at radius 3 is 2.37 bits per heavy atom. The van der Waals surface area contributed by atoms with Crippen LogP contribution < -0.4 is 5.32 Å². The number of fused-ring (bicyclic) bond motifs is 2. The first kappa shape index (κ1) is 13.8. The molecule has 0 amide bonds. The van der Waals surface area contributed by atoms with E-state index in [1.54, 1.807) is 0 Å². The summed E-state index contributed by atoms with van der Waals surface area (Å²) in [6.45, 7) is 6.81. The Hall–Kier alpha value is -0.120. The van der Waals surface area contributed by atoms with Gasteiger partial charge in [-0.3, -0.25) is 0 Å². The number of ether oxygens (including phenoxy) is 1. The van der Waals surface area contributed by atoms with Crippen LogP contribution in [0, 0.1) is 5.92 Å². The molecule has 1 N–H and O–H groups in total. The van der Waals surface area contributed by atoms with Gasteiger partial charge >= 0.3 is 0 Å². The van der Waals surface area contributed by atoms with Gasteiger partial charge < -0.3 is 15.0 Å². The van der Waals surface area contributed by atoms with Crippen LogP contribution in [0.1, 0.15) is 51.9 Å². The fraction of sp³-hybridized carbons (Fsp3) is 1.00. The molecule has 2 bridgehead atoms. The summed E-state index contributed by atoms with van der Waals surface area (Å²) >= 11 is 0. The van der Waals surface area contributed by atoms with Crippen molar-refractivity contribution in [2.75, 3.05) is 26.2 Å². The molecule has 0 aromatic heterocycles. The SMILES string of the molecule is CCOC1CCN(CCC2CC3CCC(C2)N3)CC1. The zero-order valence-corrected chi connectivity index (χ0v) is 12.4. The van der Waals surface area contributed by atoms with Crippen molar-refractivity contribution in [3.05, 3.63) is 0 Å². The standard InChI is InChI=1S/C16H30N2O/c1-2-19-16-6-9-18(10-7-16)8-5-13-11-14-3-4-15(12-13)17-14/h13-17H,2-12H2,1H3.